The summed E-state index contributed by atoms with van der Waals surface area (Å²) in [6.45, 7) is 6.72. The molecule has 13 heavy (non-hydrogen) atoms. The van der Waals surface area contributed by atoms with Crippen LogP contribution in [0.25, 0.3) is 0 Å². The van der Waals surface area contributed by atoms with Gasteiger partial charge in [-0.15, -0.1) is 0 Å². The fourth-order valence-corrected chi connectivity index (χ4v) is 2.92. The quantitative estimate of drug-likeness (QED) is 0.371. The molecular weight excluding hydrogens is 200 g/mol. The summed E-state index contributed by atoms with van der Waals surface area (Å²) in [5.41, 5.74) is 1.84. The van der Waals surface area contributed by atoms with Crippen molar-refractivity contribution in [1.82, 2.24) is 0 Å². The normalized spacial score (nSPS) is 12.0. The predicted molar refractivity (Wildman–Crippen MR) is 58.9 cm³/mol. The van der Waals surface area contributed by atoms with Crippen LogP contribution in [0.2, 0.25) is 13.1 Å². The second kappa shape index (κ2) is 8.21. The highest BCUT2D eigenvalue weighted by Gasteiger charge is 1.95. The fourth-order valence-electron chi connectivity index (χ4n) is 0.643. The highest BCUT2D eigenvalue weighted by atomic mass is 28.3. The summed E-state index contributed by atoms with van der Waals surface area (Å²) >= 11 is 0. The van der Waals surface area contributed by atoms with Gasteiger partial charge in [0.05, 0.1) is 6.61 Å². The Morgan fingerprint density at radius 2 is 2.23 bits per heavy atom. The van der Waals surface area contributed by atoms with E-state index in [1.165, 1.54) is 6.08 Å². The van der Waals surface area contributed by atoms with E-state index in [1.807, 2.05) is 12.6 Å². The van der Waals surface area contributed by atoms with Crippen molar-refractivity contribution >= 4 is 24.8 Å². The van der Waals surface area contributed by atoms with Crippen molar-refractivity contribution in [3.8, 4) is 0 Å². The van der Waals surface area contributed by atoms with Gasteiger partial charge in [0.1, 0.15) is 0 Å². The van der Waals surface area contributed by atoms with Gasteiger partial charge in [-0.1, -0.05) is 12.6 Å². The SMILES string of the molecule is CCCOC(=O)C=C[SiH2]O[SiH](C)C. The van der Waals surface area contributed by atoms with Crippen molar-refractivity contribution in [2.45, 2.75) is 26.4 Å². The highest BCUT2D eigenvalue weighted by molar-refractivity contribution is 6.57. The number of hydrogen-bond donors (Lipinski definition) is 0. The minimum Gasteiger partial charge on any atom is -0.463 e. The molecular formula is C8H18O3Si2. The minimum atomic E-state index is -0.897. The first-order valence-electron chi connectivity index (χ1n) is 4.61. The molecule has 0 aliphatic heterocycles. The zero-order valence-electron chi connectivity index (χ0n) is 8.58. The molecule has 0 amide bonds. The van der Waals surface area contributed by atoms with Crippen molar-refractivity contribution in [3.63, 3.8) is 0 Å². The second-order valence-electron chi connectivity index (χ2n) is 2.95. The average molecular weight is 218 g/mol. The lowest BCUT2D eigenvalue weighted by atomic mass is 10.5. The number of hydrogen-bond acceptors (Lipinski definition) is 3. The van der Waals surface area contributed by atoms with E-state index in [0.717, 1.165) is 6.42 Å². The first kappa shape index (κ1) is 12.6. The number of carbonyl (C=O) groups excluding carboxylic acids is 1. The minimum absolute atomic E-state index is 0.247. The maximum absolute atomic E-state index is 10.9. The second-order valence-corrected chi connectivity index (χ2v) is 7.19. The van der Waals surface area contributed by atoms with Gasteiger partial charge in [0.25, 0.3) is 0 Å². The molecule has 0 rings (SSSR count). The van der Waals surface area contributed by atoms with Crippen LogP contribution in [0, 0.1) is 0 Å². The first-order valence-corrected chi connectivity index (χ1v) is 8.79. The molecule has 0 aromatic rings. The Bertz CT molecular complexity index is 169. The summed E-state index contributed by atoms with van der Waals surface area (Å²) in [7, 11) is -1.52. The Hall–Kier alpha value is -0.396. The summed E-state index contributed by atoms with van der Waals surface area (Å²) in [6, 6.07) is 0. The van der Waals surface area contributed by atoms with E-state index in [9.17, 15) is 4.79 Å². The van der Waals surface area contributed by atoms with Gasteiger partial charge in [0.2, 0.25) is 0 Å². The van der Waals surface area contributed by atoms with Crippen molar-refractivity contribution in [3.05, 3.63) is 11.8 Å². The molecule has 0 bridgehead atoms. The summed E-state index contributed by atoms with van der Waals surface area (Å²) in [6.07, 6.45) is 2.35. The lowest BCUT2D eigenvalue weighted by Gasteiger charge is -2.01. The van der Waals surface area contributed by atoms with Gasteiger partial charge in [-0.3, -0.25) is 0 Å². The molecule has 0 fully saturated rings. The van der Waals surface area contributed by atoms with Gasteiger partial charge in [-0.2, -0.15) is 0 Å². The Kier molecular flexibility index (Phi) is 7.96. The van der Waals surface area contributed by atoms with E-state index in [2.05, 4.69) is 13.1 Å². The molecule has 0 saturated carbocycles. The van der Waals surface area contributed by atoms with Crippen molar-refractivity contribution < 1.29 is 13.6 Å². The van der Waals surface area contributed by atoms with Crippen LogP contribution in [0.15, 0.2) is 11.8 Å². The van der Waals surface area contributed by atoms with Crippen LogP contribution in [-0.4, -0.2) is 31.4 Å². The van der Waals surface area contributed by atoms with Gasteiger partial charge in [0, 0.05) is 6.08 Å². The predicted octanol–water partition coefficient (Wildman–Crippen LogP) is 0.537. The van der Waals surface area contributed by atoms with Crippen LogP contribution in [0.4, 0.5) is 0 Å². The van der Waals surface area contributed by atoms with E-state index in [-0.39, 0.29) is 5.97 Å². The Morgan fingerprint density at radius 3 is 2.77 bits per heavy atom. The van der Waals surface area contributed by atoms with Gasteiger partial charge >= 0.3 is 5.97 Å². The lowest BCUT2D eigenvalue weighted by Crippen LogP contribution is -2.10. The third kappa shape index (κ3) is 9.52. The molecule has 0 aliphatic carbocycles. The molecule has 5 heteroatoms. The van der Waals surface area contributed by atoms with Crippen molar-refractivity contribution in [1.29, 1.82) is 0 Å². The molecule has 0 atom stereocenters. The zero-order valence-corrected chi connectivity index (χ0v) is 11.1. The van der Waals surface area contributed by atoms with Crippen LogP contribution in [0.5, 0.6) is 0 Å². The molecule has 0 aromatic carbocycles. The third-order valence-corrected chi connectivity index (χ3v) is 5.09. The van der Waals surface area contributed by atoms with Gasteiger partial charge in [0.15, 0.2) is 18.8 Å². The number of ether oxygens (including phenoxy) is 1. The fraction of sp³-hybridized carbons (Fsp3) is 0.625. The van der Waals surface area contributed by atoms with Gasteiger partial charge in [-0.05, 0) is 19.5 Å². The highest BCUT2D eigenvalue weighted by Crippen LogP contribution is 1.86. The van der Waals surface area contributed by atoms with Crippen molar-refractivity contribution in [2.75, 3.05) is 6.61 Å². The topological polar surface area (TPSA) is 35.5 Å². The third-order valence-electron chi connectivity index (χ3n) is 1.23. The summed E-state index contributed by atoms with van der Waals surface area (Å²) in [4.78, 5) is 10.9. The first-order chi connectivity index (χ1) is 6.16. The van der Waals surface area contributed by atoms with Crippen LogP contribution in [0.3, 0.4) is 0 Å². The summed E-state index contributed by atoms with van der Waals surface area (Å²) in [5.74, 6) is -0.247. The van der Waals surface area contributed by atoms with Crippen molar-refractivity contribution in [2.24, 2.45) is 0 Å². The lowest BCUT2D eigenvalue weighted by molar-refractivity contribution is -0.137. The molecule has 76 valence electrons. The monoisotopic (exact) mass is 218 g/mol. The summed E-state index contributed by atoms with van der Waals surface area (Å²) < 4.78 is 10.3. The molecule has 0 radical (unpaired) electrons. The van der Waals surface area contributed by atoms with Crippen LogP contribution >= 0.6 is 0 Å². The molecule has 0 aliphatic rings. The molecule has 0 aromatic heterocycles. The van der Waals surface area contributed by atoms with E-state index in [0.29, 0.717) is 6.61 Å². The maximum Gasteiger partial charge on any atom is 0.330 e. The molecule has 0 N–H and O–H groups in total. The molecule has 3 nitrogen and oxygen atoms in total. The summed E-state index contributed by atoms with van der Waals surface area (Å²) in [5, 5.41) is 0. The molecule has 0 spiro atoms. The van der Waals surface area contributed by atoms with E-state index in [4.69, 9.17) is 8.85 Å². The zero-order chi connectivity index (χ0) is 10.1. The Labute approximate surface area is 83.8 Å². The Balaban J connectivity index is 3.42. The van der Waals surface area contributed by atoms with Gasteiger partial charge in [-0.25, -0.2) is 4.79 Å². The van der Waals surface area contributed by atoms with E-state index < -0.39 is 18.8 Å². The smallest absolute Gasteiger partial charge is 0.330 e. The molecule has 0 saturated heterocycles. The standard InChI is InChI=1S/C8H18O3Si2/c1-4-6-10-8(9)5-7-12-11-13(2)3/h5,7,13H,4,6,12H2,1-3H3. The van der Waals surface area contributed by atoms with E-state index in [1.54, 1.807) is 0 Å². The largest absolute Gasteiger partial charge is 0.463 e. The molecule has 0 unspecified atom stereocenters. The molecule has 0 heterocycles. The van der Waals surface area contributed by atoms with Gasteiger partial charge < -0.3 is 8.85 Å². The Morgan fingerprint density at radius 1 is 1.54 bits per heavy atom. The number of esters is 1. The van der Waals surface area contributed by atoms with Crippen LogP contribution in [-0.2, 0) is 13.6 Å². The number of carbonyl (C=O) groups is 1. The van der Waals surface area contributed by atoms with Crippen LogP contribution in [0.1, 0.15) is 13.3 Å². The average Bonchev–Trinajstić information content (AvgIpc) is 2.08. The maximum atomic E-state index is 10.9. The van der Waals surface area contributed by atoms with Crippen LogP contribution < -0.4 is 0 Å². The number of rotatable bonds is 6. The van der Waals surface area contributed by atoms with E-state index >= 15 is 0 Å².